The number of nitrogens with one attached hydrogen (secondary N) is 1. The molecule has 0 radical (unpaired) electrons. The second kappa shape index (κ2) is 6.24. The van der Waals surface area contributed by atoms with Gasteiger partial charge in [0, 0.05) is 6.54 Å². The maximum absolute atomic E-state index is 12.0. The number of hydrogen-bond acceptors (Lipinski definition) is 3. The van der Waals surface area contributed by atoms with E-state index in [-0.39, 0.29) is 6.54 Å². The molecule has 0 heterocycles. The van der Waals surface area contributed by atoms with E-state index in [0.717, 1.165) is 12.1 Å². The minimum absolute atomic E-state index is 0.262. The van der Waals surface area contributed by atoms with Gasteiger partial charge in [0.25, 0.3) is 0 Å². The van der Waals surface area contributed by atoms with Crippen LogP contribution < -0.4 is 10.1 Å². The van der Waals surface area contributed by atoms with Crippen molar-refractivity contribution in [1.82, 2.24) is 5.32 Å². The van der Waals surface area contributed by atoms with Crippen molar-refractivity contribution in [2.45, 2.75) is 12.4 Å². The summed E-state index contributed by atoms with van der Waals surface area (Å²) in [6, 6.07) is 3.63. The van der Waals surface area contributed by atoms with Gasteiger partial charge >= 0.3 is 12.3 Å². The Balaban J connectivity index is 2.83. The first kappa shape index (κ1) is 15.0. The molecule has 1 atom stereocenters. The first-order chi connectivity index (χ1) is 8.83. The molecular weight excluding hydrogens is 263 g/mol. The maximum Gasteiger partial charge on any atom is 0.573 e. The fraction of sp³-hybridized carbons (Fsp3) is 0.250. The molecule has 1 aromatic carbocycles. The normalized spacial score (nSPS) is 12.8. The van der Waals surface area contributed by atoms with E-state index in [0.29, 0.717) is 5.56 Å². The third-order valence-electron chi connectivity index (χ3n) is 2.16. The van der Waals surface area contributed by atoms with E-state index in [2.05, 4.69) is 16.6 Å². The fourth-order valence-corrected chi connectivity index (χ4v) is 1.41. The lowest BCUT2D eigenvalue weighted by atomic mass is 10.1. The van der Waals surface area contributed by atoms with Gasteiger partial charge in [-0.1, -0.05) is 18.2 Å². The Labute approximate surface area is 107 Å². The molecule has 7 heteroatoms. The van der Waals surface area contributed by atoms with Crippen LogP contribution in [0.25, 0.3) is 0 Å². The molecule has 0 spiro atoms. The van der Waals surface area contributed by atoms with Crippen LogP contribution in [0.4, 0.5) is 13.2 Å². The molecule has 0 aromatic heterocycles. The van der Waals surface area contributed by atoms with Gasteiger partial charge in [0.15, 0.2) is 0 Å². The molecule has 0 saturated carbocycles. The highest BCUT2D eigenvalue weighted by atomic mass is 19.4. The number of halogens is 3. The van der Waals surface area contributed by atoms with Gasteiger partial charge in [-0.15, -0.1) is 19.8 Å². The number of benzene rings is 1. The van der Waals surface area contributed by atoms with Crippen LogP contribution in [0, 0.1) is 0 Å². The summed E-state index contributed by atoms with van der Waals surface area (Å²) in [5, 5.41) is 11.7. The summed E-state index contributed by atoms with van der Waals surface area (Å²) in [6.45, 7) is 3.70. The molecule has 0 aliphatic heterocycles. The molecular formula is C12H12F3NO3. The monoisotopic (exact) mass is 275 g/mol. The molecule has 0 aliphatic carbocycles. The van der Waals surface area contributed by atoms with Crippen LogP contribution in [0.5, 0.6) is 5.75 Å². The average Bonchev–Trinajstić information content (AvgIpc) is 2.29. The molecule has 1 rings (SSSR count). The second-order valence-electron chi connectivity index (χ2n) is 3.59. The highest BCUT2D eigenvalue weighted by molar-refractivity contribution is 5.75. The Morgan fingerprint density at radius 1 is 1.42 bits per heavy atom. The van der Waals surface area contributed by atoms with E-state index in [9.17, 15) is 18.0 Å². The van der Waals surface area contributed by atoms with Crippen LogP contribution >= 0.6 is 0 Å². The van der Waals surface area contributed by atoms with Gasteiger partial charge in [0.2, 0.25) is 0 Å². The predicted molar refractivity (Wildman–Crippen MR) is 61.7 cm³/mol. The van der Waals surface area contributed by atoms with E-state index in [1.165, 1.54) is 18.2 Å². The number of rotatable bonds is 6. The number of hydrogen-bond donors (Lipinski definition) is 2. The molecule has 19 heavy (non-hydrogen) atoms. The summed E-state index contributed by atoms with van der Waals surface area (Å²) in [6.07, 6.45) is -3.29. The number of ether oxygens (including phenoxy) is 1. The number of aliphatic carboxylic acids is 1. The van der Waals surface area contributed by atoms with Gasteiger partial charge in [0.05, 0.1) is 0 Å². The van der Waals surface area contributed by atoms with Crippen LogP contribution in [0.2, 0.25) is 0 Å². The highest BCUT2D eigenvalue weighted by Crippen LogP contribution is 2.24. The largest absolute Gasteiger partial charge is 0.573 e. The van der Waals surface area contributed by atoms with Gasteiger partial charge in [-0.25, -0.2) is 0 Å². The minimum Gasteiger partial charge on any atom is -0.480 e. The van der Waals surface area contributed by atoms with E-state index in [4.69, 9.17) is 5.11 Å². The third kappa shape index (κ3) is 5.01. The molecule has 0 amide bonds. The van der Waals surface area contributed by atoms with Crippen molar-refractivity contribution in [2.24, 2.45) is 0 Å². The number of carboxylic acid groups (broad SMARTS) is 1. The Kier molecular flexibility index (Phi) is 4.94. The molecule has 0 aliphatic rings. The van der Waals surface area contributed by atoms with E-state index in [1.807, 2.05) is 0 Å². The van der Waals surface area contributed by atoms with E-state index >= 15 is 0 Å². The van der Waals surface area contributed by atoms with Gasteiger partial charge in [-0.3, -0.25) is 10.1 Å². The van der Waals surface area contributed by atoms with Crippen molar-refractivity contribution in [3.05, 3.63) is 42.5 Å². The topological polar surface area (TPSA) is 58.6 Å². The van der Waals surface area contributed by atoms with Gasteiger partial charge in [-0.05, 0) is 17.7 Å². The Morgan fingerprint density at radius 2 is 2.00 bits per heavy atom. The predicted octanol–water partition coefficient (Wildman–Crippen LogP) is 2.49. The van der Waals surface area contributed by atoms with Gasteiger partial charge < -0.3 is 9.84 Å². The fourth-order valence-electron chi connectivity index (χ4n) is 1.41. The first-order valence-corrected chi connectivity index (χ1v) is 5.26. The molecule has 4 nitrogen and oxygen atoms in total. The Bertz CT molecular complexity index is 443. The SMILES string of the molecule is C=CCNC(C(=O)O)c1ccc(OC(F)(F)F)cc1. The number of carbonyl (C=O) groups is 1. The highest BCUT2D eigenvalue weighted by Gasteiger charge is 2.31. The van der Waals surface area contributed by atoms with Crippen LogP contribution in [0.15, 0.2) is 36.9 Å². The van der Waals surface area contributed by atoms with Crippen LogP contribution in [0.1, 0.15) is 11.6 Å². The summed E-state index contributed by atoms with van der Waals surface area (Å²) >= 11 is 0. The Morgan fingerprint density at radius 3 is 2.42 bits per heavy atom. The lowest BCUT2D eigenvalue weighted by Gasteiger charge is -2.14. The van der Waals surface area contributed by atoms with Crippen molar-refractivity contribution in [3.8, 4) is 5.75 Å². The van der Waals surface area contributed by atoms with Crippen LogP contribution in [-0.2, 0) is 4.79 Å². The second-order valence-corrected chi connectivity index (χ2v) is 3.59. The molecule has 2 N–H and O–H groups in total. The third-order valence-corrected chi connectivity index (χ3v) is 2.16. The summed E-state index contributed by atoms with van der Waals surface area (Å²) in [5.74, 6) is -1.53. The van der Waals surface area contributed by atoms with Crippen molar-refractivity contribution < 1.29 is 27.8 Å². The van der Waals surface area contributed by atoms with Crippen LogP contribution in [-0.4, -0.2) is 24.0 Å². The summed E-state index contributed by atoms with van der Waals surface area (Å²) in [4.78, 5) is 11.0. The van der Waals surface area contributed by atoms with Crippen molar-refractivity contribution in [3.63, 3.8) is 0 Å². The molecule has 0 fully saturated rings. The minimum atomic E-state index is -4.77. The van der Waals surface area contributed by atoms with Crippen molar-refractivity contribution in [2.75, 3.05) is 6.54 Å². The molecule has 1 unspecified atom stereocenters. The molecule has 1 aromatic rings. The summed E-state index contributed by atoms with van der Waals surface area (Å²) < 4.78 is 39.6. The smallest absolute Gasteiger partial charge is 0.480 e. The standard InChI is InChI=1S/C12H12F3NO3/c1-2-7-16-10(11(17)18)8-3-5-9(6-4-8)19-12(13,14)15/h2-6,10,16H,1,7H2,(H,17,18). The average molecular weight is 275 g/mol. The lowest BCUT2D eigenvalue weighted by molar-refractivity contribution is -0.274. The zero-order valence-electron chi connectivity index (χ0n) is 9.78. The van der Waals surface area contributed by atoms with Crippen molar-refractivity contribution in [1.29, 1.82) is 0 Å². The maximum atomic E-state index is 12.0. The van der Waals surface area contributed by atoms with E-state index < -0.39 is 24.1 Å². The Hall–Kier alpha value is -2.02. The lowest BCUT2D eigenvalue weighted by Crippen LogP contribution is -2.28. The summed E-state index contributed by atoms with van der Waals surface area (Å²) in [5.41, 5.74) is 0.323. The van der Waals surface area contributed by atoms with Gasteiger partial charge in [0.1, 0.15) is 11.8 Å². The van der Waals surface area contributed by atoms with Crippen molar-refractivity contribution >= 4 is 5.97 Å². The zero-order valence-corrected chi connectivity index (χ0v) is 9.78. The van der Waals surface area contributed by atoms with Gasteiger partial charge in [-0.2, -0.15) is 0 Å². The quantitative estimate of drug-likeness (QED) is 0.783. The summed E-state index contributed by atoms with van der Waals surface area (Å²) in [7, 11) is 0. The number of alkyl halides is 3. The molecule has 104 valence electrons. The molecule has 0 bridgehead atoms. The molecule has 0 saturated heterocycles. The number of carboxylic acids is 1. The zero-order chi connectivity index (χ0) is 14.5. The first-order valence-electron chi connectivity index (χ1n) is 5.26. The van der Waals surface area contributed by atoms with Crippen LogP contribution in [0.3, 0.4) is 0 Å². The van der Waals surface area contributed by atoms with E-state index in [1.54, 1.807) is 0 Å².